The molecule has 0 spiro atoms. The standard InChI is InChI=1S/C12H21N3O/c1-9(2)15(7-10-3-4-10)8-12-5-11(6-13)14-16-12/h5,9-10H,3-4,6-8,13H2,1-2H3. The lowest BCUT2D eigenvalue weighted by molar-refractivity contribution is 0.181. The first-order chi connectivity index (χ1) is 7.69. The zero-order chi connectivity index (χ0) is 11.5. The Hall–Kier alpha value is -0.870. The van der Waals surface area contributed by atoms with E-state index in [1.165, 1.54) is 19.4 Å². The highest BCUT2D eigenvalue weighted by Gasteiger charge is 2.26. The molecule has 2 N–H and O–H groups in total. The molecule has 1 aliphatic carbocycles. The molecule has 0 unspecified atom stereocenters. The maximum Gasteiger partial charge on any atom is 0.151 e. The fraction of sp³-hybridized carbons (Fsp3) is 0.750. The van der Waals surface area contributed by atoms with Gasteiger partial charge in [0.25, 0.3) is 0 Å². The van der Waals surface area contributed by atoms with Gasteiger partial charge in [-0.15, -0.1) is 0 Å². The smallest absolute Gasteiger partial charge is 0.151 e. The highest BCUT2D eigenvalue weighted by molar-refractivity contribution is 5.05. The van der Waals surface area contributed by atoms with Gasteiger partial charge in [-0.1, -0.05) is 5.16 Å². The molecule has 0 saturated heterocycles. The van der Waals surface area contributed by atoms with Gasteiger partial charge in [0.2, 0.25) is 0 Å². The number of hydrogen-bond donors (Lipinski definition) is 1. The first-order valence-electron chi connectivity index (χ1n) is 6.07. The molecule has 1 fully saturated rings. The Labute approximate surface area is 96.8 Å². The molecule has 4 heteroatoms. The summed E-state index contributed by atoms with van der Waals surface area (Å²) in [4.78, 5) is 2.44. The Balaban J connectivity index is 1.92. The molecule has 16 heavy (non-hydrogen) atoms. The van der Waals surface area contributed by atoms with Crippen molar-refractivity contribution >= 4 is 0 Å². The van der Waals surface area contributed by atoms with E-state index in [4.69, 9.17) is 10.3 Å². The van der Waals surface area contributed by atoms with Crippen LogP contribution in [0.15, 0.2) is 10.6 Å². The SMILES string of the molecule is CC(C)N(Cc1cc(CN)no1)CC1CC1. The van der Waals surface area contributed by atoms with Crippen molar-refractivity contribution in [3.63, 3.8) is 0 Å². The molecule has 1 aromatic heterocycles. The lowest BCUT2D eigenvalue weighted by Gasteiger charge is -2.24. The Kier molecular flexibility index (Phi) is 3.61. The van der Waals surface area contributed by atoms with Crippen LogP contribution in [0, 0.1) is 5.92 Å². The van der Waals surface area contributed by atoms with Crippen LogP contribution in [0.2, 0.25) is 0 Å². The largest absolute Gasteiger partial charge is 0.360 e. The zero-order valence-corrected chi connectivity index (χ0v) is 10.1. The van der Waals surface area contributed by atoms with E-state index in [9.17, 15) is 0 Å². The maximum atomic E-state index is 5.51. The van der Waals surface area contributed by atoms with E-state index >= 15 is 0 Å². The van der Waals surface area contributed by atoms with E-state index in [1.807, 2.05) is 6.07 Å². The van der Waals surface area contributed by atoms with Crippen LogP contribution in [0.25, 0.3) is 0 Å². The monoisotopic (exact) mass is 223 g/mol. The maximum absolute atomic E-state index is 5.51. The topological polar surface area (TPSA) is 55.3 Å². The first-order valence-corrected chi connectivity index (χ1v) is 6.07. The quantitative estimate of drug-likeness (QED) is 0.798. The molecular formula is C12H21N3O. The fourth-order valence-electron chi connectivity index (χ4n) is 1.82. The molecule has 0 radical (unpaired) electrons. The average Bonchev–Trinajstić information content (AvgIpc) is 2.95. The summed E-state index contributed by atoms with van der Waals surface area (Å²) in [6.45, 7) is 6.93. The molecule has 0 aliphatic heterocycles. The summed E-state index contributed by atoms with van der Waals surface area (Å²) in [7, 11) is 0. The number of nitrogens with zero attached hydrogens (tertiary/aromatic N) is 2. The van der Waals surface area contributed by atoms with Gasteiger partial charge in [0.05, 0.1) is 12.2 Å². The van der Waals surface area contributed by atoms with Gasteiger partial charge in [0, 0.05) is 25.2 Å². The molecule has 4 nitrogen and oxygen atoms in total. The summed E-state index contributed by atoms with van der Waals surface area (Å²) in [6.07, 6.45) is 2.77. The molecule has 0 bridgehead atoms. The predicted octanol–water partition coefficient (Wildman–Crippen LogP) is 1.75. The molecule has 1 saturated carbocycles. The third-order valence-corrected chi connectivity index (χ3v) is 3.10. The number of aromatic nitrogens is 1. The summed E-state index contributed by atoms with van der Waals surface area (Å²) >= 11 is 0. The van der Waals surface area contributed by atoms with Gasteiger partial charge in [0.15, 0.2) is 5.76 Å². The summed E-state index contributed by atoms with van der Waals surface area (Å²) in [5, 5.41) is 3.92. The normalized spacial score (nSPS) is 16.3. The minimum atomic E-state index is 0.452. The van der Waals surface area contributed by atoms with E-state index in [1.54, 1.807) is 0 Å². The minimum Gasteiger partial charge on any atom is -0.360 e. The molecule has 90 valence electrons. The Morgan fingerprint density at radius 1 is 1.56 bits per heavy atom. The highest BCUT2D eigenvalue weighted by Crippen LogP contribution is 2.30. The second-order valence-electron chi connectivity index (χ2n) is 4.96. The van der Waals surface area contributed by atoms with Gasteiger partial charge in [-0.05, 0) is 32.6 Å². The van der Waals surface area contributed by atoms with E-state index in [2.05, 4.69) is 23.9 Å². The van der Waals surface area contributed by atoms with Crippen molar-refractivity contribution in [2.45, 2.75) is 45.8 Å². The highest BCUT2D eigenvalue weighted by atomic mass is 16.5. The molecule has 0 aromatic carbocycles. The summed E-state index contributed by atoms with van der Waals surface area (Å²) in [5.74, 6) is 1.83. The van der Waals surface area contributed by atoms with Crippen LogP contribution in [0.1, 0.15) is 38.1 Å². The van der Waals surface area contributed by atoms with E-state index in [-0.39, 0.29) is 0 Å². The predicted molar refractivity (Wildman–Crippen MR) is 62.7 cm³/mol. The third-order valence-electron chi connectivity index (χ3n) is 3.10. The van der Waals surface area contributed by atoms with Crippen LogP contribution in [0.5, 0.6) is 0 Å². The van der Waals surface area contributed by atoms with Gasteiger partial charge in [0.1, 0.15) is 0 Å². The average molecular weight is 223 g/mol. The van der Waals surface area contributed by atoms with E-state index in [0.29, 0.717) is 12.6 Å². The van der Waals surface area contributed by atoms with Crippen molar-refractivity contribution in [3.05, 3.63) is 17.5 Å². The van der Waals surface area contributed by atoms with Gasteiger partial charge in [-0.25, -0.2) is 0 Å². The van der Waals surface area contributed by atoms with Crippen molar-refractivity contribution < 1.29 is 4.52 Å². The molecule has 2 rings (SSSR count). The van der Waals surface area contributed by atoms with Gasteiger partial charge >= 0.3 is 0 Å². The summed E-state index contributed by atoms with van der Waals surface area (Å²) in [6, 6.07) is 2.51. The lowest BCUT2D eigenvalue weighted by Crippen LogP contribution is -2.32. The van der Waals surface area contributed by atoms with Crippen LogP contribution < -0.4 is 5.73 Å². The van der Waals surface area contributed by atoms with Gasteiger partial charge in [-0.2, -0.15) is 0 Å². The first kappa shape index (κ1) is 11.6. The van der Waals surface area contributed by atoms with Crippen molar-refractivity contribution in [2.24, 2.45) is 11.7 Å². The Bertz CT molecular complexity index is 331. The van der Waals surface area contributed by atoms with Gasteiger partial charge in [-0.3, -0.25) is 4.90 Å². The van der Waals surface area contributed by atoms with Crippen LogP contribution >= 0.6 is 0 Å². The molecule has 0 amide bonds. The van der Waals surface area contributed by atoms with Crippen molar-refractivity contribution in [1.29, 1.82) is 0 Å². The molecule has 1 heterocycles. The third kappa shape index (κ3) is 3.06. The van der Waals surface area contributed by atoms with Crippen LogP contribution in [0.4, 0.5) is 0 Å². The van der Waals surface area contributed by atoms with Crippen molar-refractivity contribution in [1.82, 2.24) is 10.1 Å². The van der Waals surface area contributed by atoms with Crippen LogP contribution in [-0.2, 0) is 13.1 Å². The van der Waals surface area contributed by atoms with E-state index < -0.39 is 0 Å². The number of nitrogens with two attached hydrogens (primary N) is 1. The van der Waals surface area contributed by atoms with Crippen LogP contribution in [-0.4, -0.2) is 22.6 Å². The Morgan fingerprint density at radius 3 is 2.81 bits per heavy atom. The molecule has 1 aromatic rings. The number of rotatable bonds is 6. The second kappa shape index (κ2) is 4.97. The fourth-order valence-corrected chi connectivity index (χ4v) is 1.82. The minimum absolute atomic E-state index is 0.452. The van der Waals surface area contributed by atoms with Crippen LogP contribution in [0.3, 0.4) is 0 Å². The van der Waals surface area contributed by atoms with Gasteiger partial charge < -0.3 is 10.3 Å². The summed E-state index contributed by atoms with van der Waals surface area (Å²) < 4.78 is 5.27. The molecule has 0 atom stereocenters. The van der Waals surface area contributed by atoms with Crippen molar-refractivity contribution in [2.75, 3.05) is 6.54 Å². The summed E-state index contributed by atoms with van der Waals surface area (Å²) in [5.41, 5.74) is 6.35. The van der Waals surface area contributed by atoms with Crippen molar-refractivity contribution in [3.8, 4) is 0 Å². The van der Waals surface area contributed by atoms with E-state index in [0.717, 1.165) is 23.9 Å². The number of hydrogen-bond acceptors (Lipinski definition) is 4. The molecular weight excluding hydrogens is 202 g/mol. The second-order valence-corrected chi connectivity index (χ2v) is 4.96. The molecule has 1 aliphatic rings. The lowest BCUT2D eigenvalue weighted by atomic mass is 10.2. The zero-order valence-electron chi connectivity index (χ0n) is 10.1. The Morgan fingerprint density at radius 2 is 2.31 bits per heavy atom.